The monoisotopic (exact) mass is 318 g/mol. The van der Waals surface area contributed by atoms with Gasteiger partial charge < -0.3 is 15.7 Å². The fourth-order valence-electron chi connectivity index (χ4n) is 2.95. The lowest BCUT2D eigenvalue weighted by Crippen LogP contribution is -2.35. The van der Waals surface area contributed by atoms with Crippen LogP contribution in [0.25, 0.3) is 0 Å². The zero-order chi connectivity index (χ0) is 16.8. The number of rotatable bonds is 5. The van der Waals surface area contributed by atoms with Gasteiger partial charge in [0.05, 0.1) is 5.92 Å². The summed E-state index contributed by atoms with van der Waals surface area (Å²) in [5.41, 5.74) is 1.57. The van der Waals surface area contributed by atoms with Gasteiger partial charge in [0.25, 0.3) is 0 Å². The van der Waals surface area contributed by atoms with Crippen molar-refractivity contribution in [3.8, 4) is 0 Å². The molecule has 2 amide bonds. The van der Waals surface area contributed by atoms with Crippen molar-refractivity contribution in [1.29, 1.82) is 0 Å². The van der Waals surface area contributed by atoms with Crippen molar-refractivity contribution >= 4 is 23.5 Å². The number of carboxylic acids is 1. The van der Waals surface area contributed by atoms with Crippen LogP contribution in [0.15, 0.2) is 24.3 Å². The Hall–Kier alpha value is -2.37. The van der Waals surface area contributed by atoms with Crippen molar-refractivity contribution in [1.82, 2.24) is 5.32 Å². The predicted molar refractivity (Wildman–Crippen MR) is 85.7 cm³/mol. The first-order valence-corrected chi connectivity index (χ1v) is 7.82. The minimum absolute atomic E-state index is 0.0964. The fraction of sp³-hybridized carbons (Fsp3) is 0.471. The summed E-state index contributed by atoms with van der Waals surface area (Å²) in [5, 5.41) is 14.6. The summed E-state index contributed by atoms with van der Waals surface area (Å²) in [6, 6.07) is 7.27. The van der Waals surface area contributed by atoms with Crippen LogP contribution in [0.4, 0.5) is 5.69 Å². The molecule has 0 bridgehead atoms. The summed E-state index contributed by atoms with van der Waals surface area (Å²) in [5.74, 6) is -1.70. The molecule has 2 unspecified atom stereocenters. The quantitative estimate of drug-likeness (QED) is 0.775. The van der Waals surface area contributed by atoms with Crippen molar-refractivity contribution in [2.75, 3.05) is 5.32 Å². The second kappa shape index (κ2) is 7.76. The maximum Gasteiger partial charge on any atom is 0.306 e. The highest BCUT2D eigenvalue weighted by atomic mass is 16.4. The van der Waals surface area contributed by atoms with E-state index >= 15 is 0 Å². The molecule has 0 aliphatic heterocycles. The molecule has 1 aliphatic rings. The lowest BCUT2D eigenvalue weighted by molar-refractivity contribution is -0.144. The van der Waals surface area contributed by atoms with Crippen LogP contribution in [-0.2, 0) is 20.9 Å². The van der Waals surface area contributed by atoms with E-state index in [4.69, 9.17) is 5.11 Å². The van der Waals surface area contributed by atoms with E-state index < -0.39 is 11.9 Å². The molecule has 0 spiro atoms. The molecule has 1 aromatic rings. The molecule has 1 saturated carbocycles. The third-order valence-electron chi connectivity index (χ3n) is 4.11. The molecule has 2 rings (SSSR count). The largest absolute Gasteiger partial charge is 0.481 e. The molecule has 0 radical (unpaired) electrons. The van der Waals surface area contributed by atoms with Gasteiger partial charge in [-0.3, -0.25) is 14.4 Å². The standard InChI is InChI=1S/C17H22N2O4/c1-11(20)19-15-7-2-4-12(8-15)10-18-16(21)13-5-3-6-14(9-13)17(22)23/h2,4,7-8,13-14H,3,5-6,9-10H2,1H3,(H,18,21)(H,19,20)(H,22,23). The van der Waals surface area contributed by atoms with Gasteiger partial charge in [-0.15, -0.1) is 0 Å². The lowest BCUT2D eigenvalue weighted by atomic mass is 9.81. The van der Waals surface area contributed by atoms with Gasteiger partial charge in [-0.25, -0.2) is 0 Å². The van der Waals surface area contributed by atoms with Crippen LogP contribution >= 0.6 is 0 Å². The van der Waals surface area contributed by atoms with Crippen LogP contribution in [-0.4, -0.2) is 22.9 Å². The Labute approximate surface area is 135 Å². The number of carbonyl (C=O) groups excluding carboxylic acids is 2. The van der Waals surface area contributed by atoms with Gasteiger partial charge in [0, 0.05) is 25.1 Å². The van der Waals surface area contributed by atoms with E-state index in [0.717, 1.165) is 18.4 Å². The number of carboxylic acid groups (broad SMARTS) is 1. The number of amides is 2. The van der Waals surface area contributed by atoms with Crippen LogP contribution in [0, 0.1) is 11.8 Å². The van der Waals surface area contributed by atoms with E-state index in [9.17, 15) is 14.4 Å². The molecule has 0 heterocycles. The van der Waals surface area contributed by atoms with Crippen molar-refractivity contribution in [2.24, 2.45) is 11.8 Å². The summed E-state index contributed by atoms with van der Waals surface area (Å²) in [7, 11) is 0. The Balaban J connectivity index is 1.89. The van der Waals surface area contributed by atoms with Crippen molar-refractivity contribution in [2.45, 2.75) is 39.2 Å². The summed E-state index contributed by atoms with van der Waals surface area (Å²) < 4.78 is 0. The summed E-state index contributed by atoms with van der Waals surface area (Å²) in [6.45, 7) is 1.80. The van der Waals surface area contributed by atoms with E-state index in [0.29, 0.717) is 25.1 Å². The highest BCUT2D eigenvalue weighted by Gasteiger charge is 2.30. The zero-order valence-electron chi connectivity index (χ0n) is 13.2. The Morgan fingerprint density at radius 1 is 1.22 bits per heavy atom. The number of carbonyl (C=O) groups is 3. The molecule has 3 N–H and O–H groups in total. The third kappa shape index (κ3) is 5.09. The summed E-state index contributed by atoms with van der Waals surface area (Å²) >= 11 is 0. The number of hydrogen-bond acceptors (Lipinski definition) is 3. The number of anilines is 1. The minimum atomic E-state index is -0.814. The van der Waals surface area contributed by atoms with Gasteiger partial charge in [-0.2, -0.15) is 0 Å². The first kappa shape index (κ1) is 17.0. The number of nitrogens with one attached hydrogen (secondary N) is 2. The van der Waals surface area contributed by atoms with Crippen LogP contribution < -0.4 is 10.6 Å². The Bertz CT molecular complexity index is 600. The molecule has 6 heteroatoms. The van der Waals surface area contributed by atoms with Crippen LogP contribution in [0.1, 0.15) is 38.2 Å². The topological polar surface area (TPSA) is 95.5 Å². The molecule has 2 atom stereocenters. The van der Waals surface area contributed by atoms with Gasteiger partial charge in [0.15, 0.2) is 0 Å². The van der Waals surface area contributed by atoms with Crippen molar-refractivity contribution < 1.29 is 19.5 Å². The van der Waals surface area contributed by atoms with Gasteiger partial charge in [-0.1, -0.05) is 18.6 Å². The lowest BCUT2D eigenvalue weighted by Gasteiger charge is -2.25. The maximum atomic E-state index is 12.2. The van der Waals surface area contributed by atoms with E-state index in [1.54, 1.807) is 6.07 Å². The van der Waals surface area contributed by atoms with Crippen LogP contribution in [0.5, 0.6) is 0 Å². The number of benzene rings is 1. The third-order valence-corrected chi connectivity index (χ3v) is 4.11. The van der Waals surface area contributed by atoms with Gasteiger partial charge in [-0.05, 0) is 37.0 Å². The highest BCUT2D eigenvalue weighted by molar-refractivity contribution is 5.88. The molecular weight excluding hydrogens is 296 g/mol. The van der Waals surface area contributed by atoms with Gasteiger partial charge in [0.1, 0.15) is 0 Å². The molecule has 1 aromatic carbocycles. The Morgan fingerprint density at radius 3 is 2.65 bits per heavy atom. The molecule has 1 fully saturated rings. The average molecular weight is 318 g/mol. The van der Waals surface area contributed by atoms with Crippen molar-refractivity contribution in [3.05, 3.63) is 29.8 Å². The van der Waals surface area contributed by atoms with Crippen LogP contribution in [0.2, 0.25) is 0 Å². The van der Waals surface area contributed by atoms with E-state index in [1.165, 1.54) is 6.92 Å². The van der Waals surface area contributed by atoms with E-state index in [-0.39, 0.29) is 17.7 Å². The zero-order valence-corrected chi connectivity index (χ0v) is 13.2. The minimum Gasteiger partial charge on any atom is -0.481 e. The predicted octanol–water partition coefficient (Wildman–Crippen LogP) is 2.15. The summed E-state index contributed by atoms with van der Waals surface area (Å²) in [6.07, 6.45) is 2.57. The Kier molecular flexibility index (Phi) is 5.73. The summed E-state index contributed by atoms with van der Waals surface area (Å²) in [4.78, 5) is 34.3. The molecule has 0 saturated heterocycles. The van der Waals surface area contributed by atoms with Gasteiger partial charge in [0.2, 0.25) is 11.8 Å². The number of hydrogen-bond donors (Lipinski definition) is 3. The van der Waals surface area contributed by atoms with E-state index in [2.05, 4.69) is 10.6 Å². The molecule has 6 nitrogen and oxygen atoms in total. The normalized spacial score (nSPS) is 20.6. The first-order valence-electron chi connectivity index (χ1n) is 7.82. The second-order valence-electron chi connectivity index (χ2n) is 6.00. The molecular formula is C17H22N2O4. The average Bonchev–Trinajstić information content (AvgIpc) is 2.52. The molecule has 23 heavy (non-hydrogen) atoms. The van der Waals surface area contributed by atoms with Gasteiger partial charge >= 0.3 is 5.97 Å². The second-order valence-corrected chi connectivity index (χ2v) is 6.00. The molecule has 124 valence electrons. The smallest absolute Gasteiger partial charge is 0.306 e. The SMILES string of the molecule is CC(=O)Nc1cccc(CNC(=O)C2CCCC(C(=O)O)C2)c1. The molecule has 1 aliphatic carbocycles. The first-order chi connectivity index (χ1) is 11.0. The van der Waals surface area contributed by atoms with E-state index in [1.807, 2.05) is 18.2 Å². The number of aliphatic carboxylic acids is 1. The fourth-order valence-corrected chi connectivity index (χ4v) is 2.95. The van der Waals surface area contributed by atoms with Crippen molar-refractivity contribution in [3.63, 3.8) is 0 Å². The molecule has 0 aromatic heterocycles. The highest BCUT2D eigenvalue weighted by Crippen LogP contribution is 2.29. The Morgan fingerprint density at radius 2 is 1.96 bits per heavy atom. The van der Waals surface area contributed by atoms with Crippen LogP contribution in [0.3, 0.4) is 0 Å². The maximum absolute atomic E-state index is 12.2.